The first-order valence-electron chi connectivity index (χ1n) is 15.8. The Morgan fingerprint density at radius 3 is 1.60 bits per heavy atom. The zero-order chi connectivity index (χ0) is 31.4. The predicted molar refractivity (Wildman–Crippen MR) is 172 cm³/mol. The van der Waals surface area contributed by atoms with Crippen LogP contribution in [-0.4, -0.2) is 54.8 Å². The maximum atomic E-state index is 13.0. The van der Waals surface area contributed by atoms with Crippen LogP contribution in [0, 0.1) is 0 Å². The number of amides is 3. The number of primary amides is 1. The van der Waals surface area contributed by atoms with Crippen molar-refractivity contribution in [1.29, 1.82) is 0 Å². The monoisotopic (exact) mass is 593 g/mol. The van der Waals surface area contributed by atoms with E-state index >= 15 is 0 Å². The molecule has 0 rings (SSSR count). The number of nitrogens with one attached hydrogen (secondary N) is 2. The van der Waals surface area contributed by atoms with Crippen LogP contribution in [0.2, 0.25) is 0 Å². The number of nitrogens with zero attached hydrogens (tertiary/aromatic N) is 2. The molecule has 0 saturated carbocycles. The molecule has 0 unspecified atom stereocenters. The van der Waals surface area contributed by atoms with Crippen molar-refractivity contribution < 1.29 is 14.4 Å². The first-order valence-corrected chi connectivity index (χ1v) is 15.8. The van der Waals surface area contributed by atoms with Gasteiger partial charge in [-0.3, -0.25) is 24.4 Å². The zero-order valence-electron chi connectivity index (χ0n) is 26.0. The molecule has 0 heterocycles. The number of aliphatic imine (C=N–C) groups is 2. The molecule has 0 aromatic rings. The fourth-order valence-corrected chi connectivity index (χ4v) is 4.46. The highest BCUT2D eigenvalue weighted by atomic mass is 16.2. The maximum Gasteiger partial charge on any atom is 0.243 e. The molecule has 0 aromatic heterocycles. The third-order valence-corrected chi connectivity index (χ3v) is 6.87. The smallest absolute Gasteiger partial charge is 0.243 e. The SMILES string of the molecule is CCCCCCCC/C=C\CCCCCCCC(=O)N[C@@H](CCCN=C(N)N)C(=O)N[C@@H](CCCN=C(N)N)C(N)=O. The summed E-state index contributed by atoms with van der Waals surface area (Å²) < 4.78 is 0. The van der Waals surface area contributed by atoms with E-state index in [1.54, 1.807) is 0 Å². The molecule has 12 nitrogen and oxygen atoms in total. The first-order chi connectivity index (χ1) is 20.2. The van der Waals surface area contributed by atoms with Crippen LogP contribution < -0.4 is 39.3 Å². The van der Waals surface area contributed by atoms with Gasteiger partial charge in [0.25, 0.3) is 0 Å². The molecule has 0 fully saturated rings. The topological polar surface area (TPSA) is 230 Å². The van der Waals surface area contributed by atoms with Gasteiger partial charge in [-0.25, -0.2) is 0 Å². The van der Waals surface area contributed by atoms with E-state index in [0.29, 0.717) is 38.8 Å². The normalized spacial score (nSPS) is 12.4. The third-order valence-electron chi connectivity index (χ3n) is 6.87. The van der Waals surface area contributed by atoms with Crippen LogP contribution in [0.5, 0.6) is 0 Å². The number of carbonyl (C=O) groups excluding carboxylic acids is 3. The third kappa shape index (κ3) is 24.5. The van der Waals surface area contributed by atoms with Crippen molar-refractivity contribution in [2.45, 2.75) is 135 Å². The fraction of sp³-hybridized carbons (Fsp3) is 0.767. The van der Waals surface area contributed by atoms with Gasteiger partial charge in [0.2, 0.25) is 17.7 Å². The Morgan fingerprint density at radius 2 is 1.10 bits per heavy atom. The molecule has 0 radical (unpaired) electrons. The molecule has 42 heavy (non-hydrogen) atoms. The lowest BCUT2D eigenvalue weighted by molar-refractivity contribution is -0.131. The van der Waals surface area contributed by atoms with Crippen LogP contribution in [0.25, 0.3) is 0 Å². The van der Waals surface area contributed by atoms with Crippen LogP contribution in [0.4, 0.5) is 0 Å². The Bertz CT molecular complexity index is 823. The number of guanidine groups is 2. The van der Waals surface area contributed by atoms with Gasteiger partial charge in [-0.05, 0) is 57.8 Å². The molecule has 3 amide bonds. The van der Waals surface area contributed by atoms with Gasteiger partial charge in [-0.2, -0.15) is 0 Å². The zero-order valence-corrected chi connectivity index (χ0v) is 26.0. The molecule has 0 saturated heterocycles. The largest absolute Gasteiger partial charge is 0.370 e. The standard InChI is InChI=1S/C30H59N9O3/c1-2-3-4-5-6-7-8-9-10-11-12-13-14-15-16-21-26(40)38-25(20-18-23-37-30(34)35)28(42)39-24(27(31)41)19-17-22-36-29(32)33/h9-10,24-25H,2-8,11-23H2,1H3,(H2,31,41)(H,38,40)(H,39,42)(H4,32,33,36)(H4,34,35,37)/b10-9-/t24-,25-/m0/s1. The minimum Gasteiger partial charge on any atom is -0.370 e. The number of hydrogen-bond donors (Lipinski definition) is 7. The number of rotatable bonds is 27. The molecular weight excluding hydrogens is 534 g/mol. The highest BCUT2D eigenvalue weighted by Crippen LogP contribution is 2.10. The van der Waals surface area contributed by atoms with E-state index < -0.39 is 23.9 Å². The van der Waals surface area contributed by atoms with Gasteiger partial charge in [0.1, 0.15) is 12.1 Å². The molecule has 2 atom stereocenters. The summed E-state index contributed by atoms with van der Waals surface area (Å²) in [6, 6.07) is -1.75. The van der Waals surface area contributed by atoms with E-state index in [9.17, 15) is 14.4 Å². The first kappa shape index (κ1) is 38.7. The van der Waals surface area contributed by atoms with Crippen molar-refractivity contribution in [2.24, 2.45) is 38.7 Å². The van der Waals surface area contributed by atoms with Gasteiger partial charge < -0.3 is 39.3 Å². The van der Waals surface area contributed by atoms with E-state index in [4.69, 9.17) is 28.7 Å². The second kappa shape index (κ2) is 26.6. The highest BCUT2D eigenvalue weighted by molar-refractivity contribution is 5.91. The van der Waals surface area contributed by atoms with E-state index in [1.807, 2.05) is 0 Å². The minimum absolute atomic E-state index is 0.0428. The molecule has 12 heteroatoms. The van der Waals surface area contributed by atoms with Crippen molar-refractivity contribution in [3.05, 3.63) is 12.2 Å². The summed E-state index contributed by atoms with van der Waals surface area (Å²) in [7, 11) is 0. The van der Waals surface area contributed by atoms with Crippen molar-refractivity contribution in [3.63, 3.8) is 0 Å². The quantitative estimate of drug-likeness (QED) is 0.0325. The Balaban J connectivity index is 4.45. The van der Waals surface area contributed by atoms with Gasteiger partial charge in [-0.15, -0.1) is 0 Å². The van der Waals surface area contributed by atoms with Crippen molar-refractivity contribution in [3.8, 4) is 0 Å². The Morgan fingerprint density at radius 1 is 0.619 bits per heavy atom. The minimum atomic E-state index is -0.908. The van der Waals surface area contributed by atoms with Gasteiger partial charge >= 0.3 is 0 Å². The summed E-state index contributed by atoms with van der Waals surface area (Å²) in [4.78, 5) is 45.3. The molecule has 0 bridgehead atoms. The fourth-order valence-electron chi connectivity index (χ4n) is 4.46. The molecular formula is C30H59N9O3. The summed E-state index contributed by atoms with van der Waals surface area (Å²) in [5, 5.41) is 5.45. The number of hydrogen-bond acceptors (Lipinski definition) is 5. The second-order valence-corrected chi connectivity index (χ2v) is 10.8. The van der Waals surface area contributed by atoms with E-state index in [1.165, 1.54) is 44.9 Å². The maximum absolute atomic E-state index is 13.0. The average Bonchev–Trinajstić information content (AvgIpc) is 2.93. The predicted octanol–water partition coefficient (Wildman–Crippen LogP) is 2.59. The van der Waals surface area contributed by atoms with Gasteiger partial charge in [-0.1, -0.05) is 70.4 Å². The number of allylic oxidation sites excluding steroid dienone is 2. The average molecular weight is 594 g/mol. The van der Waals surface area contributed by atoms with E-state index in [0.717, 1.165) is 38.5 Å². The van der Waals surface area contributed by atoms with Crippen LogP contribution in [0.15, 0.2) is 22.1 Å². The van der Waals surface area contributed by atoms with E-state index in [2.05, 4.69) is 39.7 Å². The van der Waals surface area contributed by atoms with E-state index in [-0.39, 0.29) is 24.2 Å². The molecule has 0 aliphatic heterocycles. The van der Waals surface area contributed by atoms with Crippen molar-refractivity contribution in [2.75, 3.05) is 13.1 Å². The molecule has 0 aromatic carbocycles. The van der Waals surface area contributed by atoms with Gasteiger partial charge in [0.05, 0.1) is 0 Å². The molecule has 12 N–H and O–H groups in total. The summed E-state index contributed by atoms with van der Waals surface area (Å²) in [6.45, 7) is 2.86. The second-order valence-electron chi connectivity index (χ2n) is 10.8. The molecule has 242 valence electrons. The Kier molecular flexibility index (Phi) is 24.5. The number of carbonyl (C=O) groups is 3. The van der Waals surface area contributed by atoms with Crippen LogP contribution in [0.3, 0.4) is 0 Å². The van der Waals surface area contributed by atoms with Gasteiger partial charge in [0.15, 0.2) is 11.9 Å². The summed E-state index contributed by atoms with van der Waals surface area (Å²) in [6.07, 6.45) is 21.7. The van der Waals surface area contributed by atoms with Crippen molar-refractivity contribution >= 4 is 29.6 Å². The van der Waals surface area contributed by atoms with Crippen LogP contribution in [0.1, 0.15) is 122 Å². The molecule has 0 spiro atoms. The summed E-state index contributed by atoms with van der Waals surface area (Å²) in [5.41, 5.74) is 26.9. The lowest BCUT2D eigenvalue weighted by Crippen LogP contribution is -2.53. The van der Waals surface area contributed by atoms with Gasteiger partial charge in [0, 0.05) is 19.5 Å². The Labute approximate surface area is 253 Å². The van der Waals surface area contributed by atoms with Crippen LogP contribution in [-0.2, 0) is 14.4 Å². The highest BCUT2D eigenvalue weighted by Gasteiger charge is 2.25. The molecule has 0 aliphatic carbocycles. The lowest BCUT2D eigenvalue weighted by atomic mass is 10.1. The lowest BCUT2D eigenvalue weighted by Gasteiger charge is -2.22. The van der Waals surface area contributed by atoms with Crippen molar-refractivity contribution in [1.82, 2.24) is 10.6 Å². The van der Waals surface area contributed by atoms with Crippen LogP contribution >= 0.6 is 0 Å². The number of unbranched alkanes of at least 4 members (excludes halogenated alkanes) is 11. The summed E-state index contributed by atoms with van der Waals surface area (Å²) >= 11 is 0. The molecule has 0 aliphatic rings. The number of nitrogens with two attached hydrogens (primary N) is 5. The Hall–Kier alpha value is -3.31. The summed E-state index contributed by atoms with van der Waals surface area (Å²) in [5.74, 6) is -1.46.